The van der Waals surface area contributed by atoms with Crippen molar-refractivity contribution in [3.05, 3.63) is 103 Å². The number of unbranched alkanes of at least 4 members (excludes halogenated alkanes) is 11. The van der Waals surface area contributed by atoms with Crippen molar-refractivity contribution in [2.75, 3.05) is 0 Å². The zero-order valence-corrected chi connectivity index (χ0v) is 24.1. The van der Waals surface area contributed by atoms with E-state index in [2.05, 4.69) is 46.9 Å². The Morgan fingerprint density at radius 2 is 1.25 bits per heavy atom. The van der Waals surface area contributed by atoms with Crippen LogP contribution in [0.4, 0.5) is 0 Å². The van der Waals surface area contributed by atoms with Crippen LogP contribution in [-0.4, -0.2) is 10.5 Å². The Balaban J connectivity index is 1.14. The lowest BCUT2D eigenvalue weighted by Crippen LogP contribution is -2.30. The molecule has 0 fully saturated rings. The minimum Gasteiger partial charge on any atom is -0.423 e. The first-order chi connectivity index (χ1) is 19.7. The van der Waals surface area contributed by atoms with Gasteiger partial charge in [-0.05, 0) is 60.4 Å². The second-order valence-corrected chi connectivity index (χ2v) is 10.8. The Hall–Kier alpha value is -3.66. The molecule has 4 heteroatoms. The maximum atomic E-state index is 12.6. The van der Waals surface area contributed by atoms with Gasteiger partial charge in [-0.1, -0.05) is 114 Å². The van der Waals surface area contributed by atoms with Crippen LogP contribution in [0.15, 0.2) is 97.6 Å². The van der Waals surface area contributed by atoms with E-state index in [9.17, 15) is 4.79 Å². The number of carbonyl (C=O) groups is 1. The van der Waals surface area contributed by atoms with E-state index in [-0.39, 0.29) is 5.97 Å². The summed E-state index contributed by atoms with van der Waals surface area (Å²) in [7, 11) is 0. The highest BCUT2D eigenvalue weighted by Crippen LogP contribution is 2.21. The van der Waals surface area contributed by atoms with Crippen LogP contribution in [0, 0.1) is 0 Å². The Morgan fingerprint density at radius 3 is 1.88 bits per heavy atom. The SMILES string of the molecule is CCCCCCCCCCCCCC[n+]1ccn(-c2ccc(OC(=O)c3ccc(-c4ccccc4)cc3)cc2)c1. The van der Waals surface area contributed by atoms with Gasteiger partial charge < -0.3 is 4.74 Å². The molecule has 0 bridgehead atoms. The number of rotatable bonds is 17. The first-order valence-electron chi connectivity index (χ1n) is 15.3. The number of hydrogen-bond donors (Lipinski definition) is 0. The third-order valence-corrected chi connectivity index (χ3v) is 7.53. The minimum atomic E-state index is -0.353. The van der Waals surface area contributed by atoms with E-state index >= 15 is 0 Å². The van der Waals surface area contributed by atoms with Crippen LogP contribution in [0.2, 0.25) is 0 Å². The molecule has 4 rings (SSSR count). The van der Waals surface area contributed by atoms with Crippen molar-refractivity contribution < 1.29 is 14.1 Å². The molecule has 3 aromatic carbocycles. The lowest BCUT2D eigenvalue weighted by molar-refractivity contribution is -0.696. The van der Waals surface area contributed by atoms with E-state index in [1.165, 1.54) is 77.0 Å². The van der Waals surface area contributed by atoms with E-state index in [0.717, 1.165) is 23.4 Å². The zero-order valence-electron chi connectivity index (χ0n) is 24.1. The van der Waals surface area contributed by atoms with Gasteiger partial charge in [-0.15, -0.1) is 0 Å². The summed E-state index contributed by atoms with van der Waals surface area (Å²) < 4.78 is 9.97. The molecule has 4 aromatic rings. The molecule has 0 N–H and O–H groups in total. The molecular weight excluding hydrogens is 492 g/mol. The molecule has 0 amide bonds. The summed E-state index contributed by atoms with van der Waals surface area (Å²) in [4.78, 5) is 12.6. The number of nitrogens with zero attached hydrogens (tertiary/aromatic N) is 2. The number of aromatic nitrogens is 2. The fourth-order valence-electron chi connectivity index (χ4n) is 5.10. The Kier molecular flexibility index (Phi) is 12.1. The molecule has 40 heavy (non-hydrogen) atoms. The third-order valence-electron chi connectivity index (χ3n) is 7.53. The van der Waals surface area contributed by atoms with Gasteiger partial charge in [0.2, 0.25) is 6.33 Å². The Morgan fingerprint density at radius 1 is 0.675 bits per heavy atom. The molecule has 0 unspecified atom stereocenters. The molecular formula is C36H45N2O2+. The van der Waals surface area contributed by atoms with Gasteiger partial charge >= 0.3 is 5.97 Å². The van der Waals surface area contributed by atoms with Gasteiger partial charge in [0.1, 0.15) is 23.8 Å². The summed E-state index contributed by atoms with van der Waals surface area (Å²) in [6.07, 6.45) is 22.8. The van der Waals surface area contributed by atoms with Gasteiger partial charge in [-0.2, -0.15) is 0 Å². The third kappa shape index (κ3) is 9.51. The quantitative estimate of drug-likeness (QED) is 0.0582. The standard InChI is InChI=1S/C36H45N2O2/c1-2-3-4-5-6-7-8-9-10-11-12-16-27-37-28-29-38(30-37)34-23-25-35(26-24-34)40-36(39)33-21-19-32(20-22-33)31-17-14-13-15-18-31/h13-15,17-26,28-30H,2-12,16,27H2,1H3/q+1. The lowest BCUT2D eigenvalue weighted by atomic mass is 10.0. The van der Waals surface area contributed by atoms with Gasteiger partial charge in [0.05, 0.1) is 12.1 Å². The number of hydrogen-bond acceptors (Lipinski definition) is 2. The normalized spacial score (nSPS) is 11.0. The number of ether oxygens (including phenoxy) is 1. The number of benzene rings is 3. The Labute approximate surface area is 240 Å². The second-order valence-electron chi connectivity index (χ2n) is 10.8. The highest BCUT2D eigenvalue weighted by atomic mass is 16.5. The van der Waals surface area contributed by atoms with Crippen molar-refractivity contribution >= 4 is 5.97 Å². The highest BCUT2D eigenvalue weighted by Gasteiger charge is 2.11. The first kappa shape index (κ1) is 29.3. The predicted octanol–water partition coefficient (Wildman–Crippen LogP) is 9.35. The van der Waals surface area contributed by atoms with E-state index in [0.29, 0.717) is 11.3 Å². The van der Waals surface area contributed by atoms with Gasteiger partial charge in [0, 0.05) is 0 Å². The molecule has 210 valence electrons. The van der Waals surface area contributed by atoms with Gasteiger partial charge in [0.25, 0.3) is 0 Å². The average Bonchev–Trinajstić information content (AvgIpc) is 3.47. The van der Waals surface area contributed by atoms with Gasteiger partial charge in [-0.3, -0.25) is 0 Å². The number of carbonyl (C=O) groups excluding carboxylic acids is 1. The fraction of sp³-hybridized carbons (Fsp3) is 0.389. The predicted molar refractivity (Wildman–Crippen MR) is 164 cm³/mol. The topological polar surface area (TPSA) is 35.1 Å². The summed E-state index contributed by atoms with van der Waals surface area (Å²) in [5.41, 5.74) is 3.77. The van der Waals surface area contributed by atoms with E-state index in [4.69, 9.17) is 4.74 Å². The fourth-order valence-corrected chi connectivity index (χ4v) is 5.10. The molecule has 4 nitrogen and oxygen atoms in total. The van der Waals surface area contributed by atoms with Crippen LogP contribution in [0.1, 0.15) is 94.3 Å². The van der Waals surface area contributed by atoms with Crippen LogP contribution in [-0.2, 0) is 6.54 Å². The van der Waals surface area contributed by atoms with Crippen LogP contribution in [0.25, 0.3) is 16.8 Å². The minimum absolute atomic E-state index is 0.353. The van der Waals surface area contributed by atoms with Crippen LogP contribution < -0.4 is 9.30 Å². The van der Waals surface area contributed by atoms with E-state index in [1.54, 1.807) is 0 Å². The van der Waals surface area contributed by atoms with Crippen LogP contribution in [0.3, 0.4) is 0 Å². The summed E-state index contributed by atoms with van der Waals surface area (Å²) in [5, 5.41) is 0. The first-order valence-corrected chi connectivity index (χ1v) is 15.3. The lowest BCUT2D eigenvalue weighted by Gasteiger charge is -2.06. The smallest absolute Gasteiger partial charge is 0.343 e. The van der Waals surface area contributed by atoms with Crippen molar-refractivity contribution in [1.29, 1.82) is 0 Å². The molecule has 0 spiro atoms. The van der Waals surface area contributed by atoms with Crippen LogP contribution in [0.5, 0.6) is 5.75 Å². The maximum absolute atomic E-state index is 12.6. The van der Waals surface area contributed by atoms with Crippen molar-refractivity contribution in [3.63, 3.8) is 0 Å². The molecule has 0 saturated carbocycles. The molecule has 0 saturated heterocycles. The summed E-state index contributed by atoms with van der Waals surface area (Å²) >= 11 is 0. The molecule has 0 aliphatic heterocycles. The van der Waals surface area contributed by atoms with Gasteiger partial charge in [0.15, 0.2) is 0 Å². The number of aryl methyl sites for hydroxylation is 1. The largest absolute Gasteiger partial charge is 0.423 e. The maximum Gasteiger partial charge on any atom is 0.343 e. The monoisotopic (exact) mass is 537 g/mol. The Bertz CT molecular complexity index is 1260. The van der Waals surface area contributed by atoms with Crippen molar-refractivity contribution in [2.45, 2.75) is 90.5 Å². The molecule has 1 heterocycles. The number of esters is 1. The molecule has 1 aromatic heterocycles. The van der Waals surface area contributed by atoms with E-state index in [1.807, 2.05) is 66.7 Å². The van der Waals surface area contributed by atoms with Crippen molar-refractivity contribution in [2.24, 2.45) is 0 Å². The molecule has 0 aliphatic rings. The highest BCUT2D eigenvalue weighted by molar-refractivity contribution is 5.91. The summed E-state index contributed by atoms with van der Waals surface area (Å²) in [5.74, 6) is 0.186. The number of imidazole rings is 1. The summed E-state index contributed by atoms with van der Waals surface area (Å²) in [6.45, 7) is 3.32. The van der Waals surface area contributed by atoms with Crippen LogP contribution >= 0.6 is 0 Å². The zero-order chi connectivity index (χ0) is 27.8. The molecule has 0 aliphatic carbocycles. The molecule has 0 radical (unpaired) electrons. The van der Waals surface area contributed by atoms with Crippen molar-refractivity contribution in [3.8, 4) is 22.6 Å². The summed E-state index contributed by atoms with van der Waals surface area (Å²) in [6, 6.07) is 25.3. The average molecular weight is 538 g/mol. The van der Waals surface area contributed by atoms with E-state index < -0.39 is 0 Å². The van der Waals surface area contributed by atoms with Crippen molar-refractivity contribution in [1.82, 2.24) is 4.57 Å². The second kappa shape index (κ2) is 16.4. The van der Waals surface area contributed by atoms with Gasteiger partial charge in [-0.25, -0.2) is 13.9 Å². The molecule has 0 atom stereocenters.